The average Bonchev–Trinajstić information content (AvgIpc) is 2.26. The van der Waals surface area contributed by atoms with Crippen LogP contribution >= 0.6 is 11.8 Å². The Bertz CT molecular complexity index is 541. The van der Waals surface area contributed by atoms with E-state index < -0.39 is 21.4 Å². The molecule has 0 bridgehead atoms. The summed E-state index contributed by atoms with van der Waals surface area (Å²) in [5.41, 5.74) is 0.0920. The van der Waals surface area contributed by atoms with Gasteiger partial charge in [0.15, 0.2) is 0 Å². The highest BCUT2D eigenvalue weighted by atomic mass is 32.2. The molecule has 1 aromatic rings. The van der Waals surface area contributed by atoms with Crippen LogP contribution in [0.2, 0.25) is 0 Å². The Balaban J connectivity index is 2.77. The molecule has 1 aromatic carbocycles. The molecule has 0 heterocycles. The van der Waals surface area contributed by atoms with E-state index in [1.54, 1.807) is 6.07 Å². The Morgan fingerprint density at radius 3 is 2.61 bits per heavy atom. The first-order valence-electron chi connectivity index (χ1n) is 5.02. The molecule has 0 unspecified atom stereocenters. The van der Waals surface area contributed by atoms with Gasteiger partial charge in [-0.05, 0) is 12.1 Å². The number of aliphatic hydroxyl groups is 1. The molecule has 100 valence electrons. The zero-order chi connectivity index (χ0) is 13.8. The second kappa shape index (κ2) is 6.17. The van der Waals surface area contributed by atoms with Crippen LogP contribution in [-0.2, 0) is 16.4 Å². The number of hydrogen-bond donors (Lipinski definition) is 1. The van der Waals surface area contributed by atoms with Gasteiger partial charge in [-0.25, -0.2) is 8.42 Å². The fourth-order valence-electron chi connectivity index (χ4n) is 1.27. The summed E-state index contributed by atoms with van der Waals surface area (Å²) in [7, 11) is -3.01. The first-order valence-corrected chi connectivity index (χ1v) is 8.07. The predicted octanol–water partition coefficient (Wildman–Crippen LogP) is 1.22. The summed E-state index contributed by atoms with van der Waals surface area (Å²) in [5.74, 6) is 0.421. The highest BCUT2D eigenvalue weighted by Gasteiger charge is 2.13. The third-order valence-corrected chi connectivity index (χ3v) is 4.34. The standard InChI is InChI=1S/C10H13NO5S2/c1-18(15,16)5-4-17-9-2-3-10(11(13)14)8(6-9)7-12/h2-3,6,12H,4-5,7H2,1H3. The number of benzene rings is 1. The molecule has 18 heavy (non-hydrogen) atoms. The van der Waals surface area contributed by atoms with Crippen LogP contribution in [0.25, 0.3) is 0 Å². The SMILES string of the molecule is CS(=O)(=O)CCSc1ccc([N+](=O)[O-])c(CO)c1. The first-order chi connectivity index (χ1) is 8.33. The minimum absolute atomic E-state index is 0.0448. The van der Waals surface area contributed by atoms with Crippen molar-refractivity contribution in [3.8, 4) is 0 Å². The summed E-state index contributed by atoms with van der Waals surface area (Å²) >= 11 is 1.28. The van der Waals surface area contributed by atoms with Crippen LogP contribution in [0, 0.1) is 10.1 Å². The zero-order valence-electron chi connectivity index (χ0n) is 9.70. The van der Waals surface area contributed by atoms with Crippen molar-refractivity contribution in [2.75, 3.05) is 17.8 Å². The van der Waals surface area contributed by atoms with Gasteiger partial charge in [0.25, 0.3) is 5.69 Å². The number of aliphatic hydroxyl groups excluding tert-OH is 1. The van der Waals surface area contributed by atoms with Crippen molar-refractivity contribution in [2.24, 2.45) is 0 Å². The molecule has 0 radical (unpaired) electrons. The number of rotatable bonds is 6. The fourth-order valence-corrected chi connectivity index (χ4v) is 3.44. The second-order valence-corrected chi connectivity index (χ2v) is 7.11. The van der Waals surface area contributed by atoms with E-state index in [2.05, 4.69) is 0 Å². The van der Waals surface area contributed by atoms with Gasteiger partial charge in [-0.15, -0.1) is 11.8 Å². The van der Waals surface area contributed by atoms with Crippen molar-refractivity contribution in [3.63, 3.8) is 0 Å². The maximum Gasteiger partial charge on any atom is 0.274 e. The number of sulfone groups is 1. The molecule has 0 saturated heterocycles. The maximum absolute atomic E-state index is 10.9. The summed E-state index contributed by atoms with van der Waals surface area (Å²) in [6.07, 6.45) is 1.16. The monoisotopic (exact) mass is 291 g/mol. The molecule has 1 rings (SSSR count). The van der Waals surface area contributed by atoms with E-state index in [1.165, 1.54) is 23.9 Å². The van der Waals surface area contributed by atoms with E-state index in [9.17, 15) is 18.5 Å². The summed E-state index contributed by atoms with van der Waals surface area (Å²) in [5, 5.41) is 19.7. The molecule has 0 saturated carbocycles. The molecule has 6 nitrogen and oxygen atoms in total. The van der Waals surface area contributed by atoms with E-state index in [1.807, 2.05) is 0 Å². The van der Waals surface area contributed by atoms with E-state index in [0.29, 0.717) is 10.6 Å². The van der Waals surface area contributed by atoms with Crippen LogP contribution in [-0.4, -0.2) is 36.2 Å². The van der Waals surface area contributed by atoms with Gasteiger partial charge >= 0.3 is 0 Å². The third kappa shape index (κ3) is 4.63. The van der Waals surface area contributed by atoms with Gasteiger partial charge < -0.3 is 5.11 Å². The van der Waals surface area contributed by atoms with Crippen molar-refractivity contribution in [3.05, 3.63) is 33.9 Å². The van der Waals surface area contributed by atoms with Crippen molar-refractivity contribution >= 4 is 27.3 Å². The first kappa shape index (κ1) is 14.9. The normalized spacial score (nSPS) is 11.4. The summed E-state index contributed by atoms with van der Waals surface area (Å²) in [6.45, 7) is -0.420. The van der Waals surface area contributed by atoms with E-state index in [-0.39, 0.29) is 17.0 Å². The van der Waals surface area contributed by atoms with Gasteiger partial charge in [0, 0.05) is 23.0 Å². The van der Waals surface area contributed by atoms with Crippen LogP contribution in [0.4, 0.5) is 5.69 Å². The van der Waals surface area contributed by atoms with Gasteiger partial charge in [0.05, 0.1) is 22.8 Å². The lowest BCUT2D eigenvalue weighted by atomic mass is 10.2. The fraction of sp³-hybridized carbons (Fsp3) is 0.400. The Labute approximate surface area is 109 Å². The van der Waals surface area contributed by atoms with Gasteiger partial charge in [-0.2, -0.15) is 0 Å². The molecule has 0 amide bonds. The number of thioether (sulfide) groups is 1. The van der Waals surface area contributed by atoms with Crippen molar-refractivity contribution in [1.29, 1.82) is 0 Å². The lowest BCUT2D eigenvalue weighted by molar-refractivity contribution is -0.385. The Hall–Kier alpha value is -1.12. The van der Waals surface area contributed by atoms with E-state index in [4.69, 9.17) is 5.11 Å². The van der Waals surface area contributed by atoms with Gasteiger partial charge in [0.1, 0.15) is 9.84 Å². The molecule has 1 N–H and O–H groups in total. The topological polar surface area (TPSA) is 97.5 Å². The minimum atomic E-state index is -3.01. The molecule has 0 aromatic heterocycles. The van der Waals surface area contributed by atoms with Crippen LogP contribution in [0.15, 0.2) is 23.1 Å². The van der Waals surface area contributed by atoms with Crippen LogP contribution in [0.1, 0.15) is 5.56 Å². The smallest absolute Gasteiger partial charge is 0.274 e. The van der Waals surface area contributed by atoms with Crippen LogP contribution < -0.4 is 0 Å². The Morgan fingerprint density at radius 1 is 1.44 bits per heavy atom. The molecular weight excluding hydrogens is 278 g/mol. The molecule has 0 atom stereocenters. The number of nitro benzene ring substituents is 1. The Kier molecular flexibility index (Phi) is 5.12. The summed E-state index contributed by atoms with van der Waals surface area (Å²) in [6, 6.07) is 4.36. The highest BCUT2D eigenvalue weighted by molar-refractivity contribution is 8.00. The van der Waals surface area contributed by atoms with Crippen molar-refractivity contribution in [2.45, 2.75) is 11.5 Å². The van der Waals surface area contributed by atoms with Gasteiger partial charge in [0.2, 0.25) is 0 Å². The van der Waals surface area contributed by atoms with Crippen LogP contribution in [0.5, 0.6) is 0 Å². The third-order valence-electron chi connectivity index (χ3n) is 2.14. The quantitative estimate of drug-likeness (QED) is 0.481. The van der Waals surface area contributed by atoms with Gasteiger partial charge in [-0.3, -0.25) is 10.1 Å². The predicted molar refractivity (Wildman–Crippen MR) is 69.5 cm³/mol. The Morgan fingerprint density at radius 2 is 2.11 bits per heavy atom. The second-order valence-electron chi connectivity index (χ2n) is 3.68. The number of hydrogen-bond acceptors (Lipinski definition) is 6. The van der Waals surface area contributed by atoms with Crippen LogP contribution in [0.3, 0.4) is 0 Å². The zero-order valence-corrected chi connectivity index (χ0v) is 11.3. The molecule has 0 aliphatic carbocycles. The van der Waals surface area contributed by atoms with Crippen molar-refractivity contribution < 1.29 is 18.4 Å². The number of nitrogens with zero attached hydrogens (tertiary/aromatic N) is 1. The lowest BCUT2D eigenvalue weighted by Crippen LogP contribution is -2.05. The van der Waals surface area contributed by atoms with E-state index >= 15 is 0 Å². The molecular formula is C10H13NO5S2. The molecule has 0 spiro atoms. The minimum Gasteiger partial charge on any atom is -0.391 e. The average molecular weight is 291 g/mol. The highest BCUT2D eigenvalue weighted by Crippen LogP contribution is 2.26. The summed E-state index contributed by atoms with van der Waals surface area (Å²) in [4.78, 5) is 10.8. The summed E-state index contributed by atoms with van der Waals surface area (Å²) < 4.78 is 21.9. The molecule has 8 heteroatoms. The van der Waals surface area contributed by atoms with E-state index in [0.717, 1.165) is 6.26 Å². The molecule has 0 aliphatic heterocycles. The molecule has 0 fully saturated rings. The van der Waals surface area contributed by atoms with Crippen molar-refractivity contribution in [1.82, 2.24) is 0 Å². The lowest BCUT2D eigenvalue weighted by Gasteiger charge is -2.04. The molecule has 0 aliphatic rings. The number of nitro groups is 1. The van der Waals surface area contributed by atoms with Gasteiger partial charge in [-0.1, -0.05) is 0 Å². The largest absolute Gasteiger partial charge is 0.391 e. The maximum atomic E-state index is 10.9.